The van der Waals surface area contributed by atoms with Crippen molar-refractivity contribution in [3.05, 3.63) is 240 Å². The van der Waals surface area contributed by atoms with E-state index in [4.69, 9.17) is 0 Å². The van der Waals surface area contributed by atoms with Gasteiger partial charge in [0, 0.05) is 32.9 Å². The molecule has 13 rings (SSSR count). The van der Waals surface area contributed by atoms with Crippen molar-refractivity contribution in [3.63, 3.8) is 0 Å². The normalized spacial score (nSPS) is 12.8. The molecule has 0 spiro atoms. The van der Waals surface area contributed by atoms with Gasteiger partial charge in [-0.15, -0.1) is 0 Å². The molecule has 0 fully saturated rings. The predicted molar refractivity (Wildman–Crippen MR) is 292 cm³/mol. The molecule has 0 saturated carbocycles. The number of halogens is 14. The average molecular weight is 1120 g/mol. The second-order valence-corrected chi connectivity index (χ2v) is 20.0. The van der Waals surface area contributed by atoms with Gasteiger partial charge in [-0.05, 0) is 187 Å². The van der Waals surface area contributed by atoms with Crippen LogP contribution in [-0.4, -0.2) is 9.13 Å². The van der Waals surface area contributed by atoms with Crippen LogP contribution in [0, 0.1) is 11.6 Å². The molecule has 0 aliphatic carbocycles. The predicted octanol–water partition coefficient (Wildman–Crippen LogP) is 21.2. The van der Waals surface area contributed by atoms with E-state index in [9.17, 15) is 61.5 Å². The molecule has 0 N–H and O–H groups in total. The van der Waals surface area contributed by atoms with E-state index in [-0.39, 0.29) is 43.6 Å². The summed E-state index contributed by atoms with van der Waals surface area (Å²) in [6.45, 7) is 0. The number of aromatic nitrogens is 2. The molecule has 0 unspecified atom stereocenters. The van der Waals surface area contributed by atoms with Crippen molar-refractivity contribution in [2.24, 2.45) is 0 Å². The fourth-order valence-electron chi connectivity index (χ4n) is 11.4. The third-order valence-corrected chi connectivity index (χ3v) is 15.1. The van der Waals surface area contributed by atoms with Gasteiger partial charge >= 0.3 is 24.7 Å². The fourth-order valence-corrected chi connectivity index (χ4v) is 11.4. The van der Waals surface area contributed by atoms with E-state index in [1.54, 1.807) is 69.8 Å². The summed E-state index contributed by atoms with van der Waals surface area (Å²) < 4.78 is 203. The van der Waals surface area contributed by atoms with Crippen LogP contribution in [0.15, 0.2) is 206 Å². The first kappa shape index (κ1) is 52.0. The molecular weight excluding hydrogens is 1090 g/mol. The number of hydrogen-bond acceptors (Lipinski definition) is 0. The van der Waals surface area contributed by atoms with Crippen LogP contribution in [0.1, 0.15) is 22.3 Å². The third-order valence-electron chi connectivity index (χ3n) is 15.1. The number of rotatable bonds is 6. The van der Waals surface area contributed by atoms with E-state index in [2.05, 4.69) is 0 Å². The summed E-state index contributed by atoms with van der Waals surface area (Å²) in [5.74, 6) is -0.886. The Kier molecular flexibility index (Phi) is 11.8. The van der Waals surface area contributed by atoms with Crippen LogP contribution >= 0.6 is 0 Å². The van der Waals surface area contributed by atoms with Crippen LogP contribution in [0.4, 0.5) is 61.5 Å². The molecule has 82 heavy (non-hydrogen) atoms. The van der Waals surface area contributed by atoms with Crippen molar-refractivity contribution < 1.29 is 61.5 Å². The first-order valence-electron chi connectivity index (χ1n) is 25.2. The van der Waals surface area contributed by atoms with E-state index in [0.29, 0.717) is 77.4 Å². The van der Waals surface area contributed by atoms with Gasteiger partial charge in [0.2, 0.25) is 0 Å². The lowest BCUT2D eigenvalue weighted by Crippen LogP contribution is -2.04. The maximum Gasteiger partial charge on any atom is 0.416 e. The molecule has 0 atom stereocenters. The molecule has 0 saturated heterocycles. The van der Waals surface area contributed by atoms with Crippen LogP contribution in [-0.2, 0) is 24.7 Å². The Bertz CT molecular complexity index is 4270. The second-order valence-electron chi connectivity index (χ2n) is 20.0. The molecule has 11 aromatic carbocycles. The molecule has 16 heteroatoms. The van der Waals surface area contributed by atoms with Crippen molar-refractivity contribution in [1.82, 2.24) is 9.13 Å². The maximum absolute atomic E-state index is 14.3. The molecule has 2 nitrogen and oxygen atoms in total. The molecule has 406 valence electrons. The molecule has 0 aliphatic heterocycles. The highest BCUT2D eigenvalue weighted by Crippen LogP contribution is 2.49. The van der Waals surface area contributed by atoms with Crippen molar-refractivity contribution in [2.75, 3.05) is 0 Å². The Hall–Kier alpha value is -9.44. The van der Waals surface area contributed by atoms with Gasteiger partial charge in [-0.1, -0.05) is 84.9 Å². The molecule has 0 amide bonds. The largest absolute Gasteiger partial charge is 0.416 e. The average Bonchev–Trinajstić information content (AvgIpc) is 4.09. The molecular formula is C66H34F14N2. The molecule has 2 aromatic heterocycles. The minimum Gasteiger partial charge on any atom is -0.309 e. The lowest BCUT2D eigenvalue weighted by molar-refractivity contribution is -0.138. The van der Waals surface area contributed by atoms with Crippen LogP contribution in [0.25, 0.3) is 121 Å². The zero-order valence-electron chi connectivity index (χ0n) is 41.8. The van der Waals surface area contributed by atoms with Crippen LogP contribution in [0.5, 0.6) is 0 Å². The van der Waals surface area contributed by atoms with Crippen molar-refractivity contribution in [2.45, 2.75) is 24.7 Å². The first-order valence-corrected chi connectivity index (χ1v) is 25.2. The van der Waals surface area contributed by atoms with Gasteiger partial charge in [0.15, 0.2) is 0 Å². The molecule has 0 radical (unpaired) electrons. The summed E-state index contributed by atoms with van der Waals surface area (Å²) in [6.07, 6.45) is -19.3. The smallest absolute Gasteiger partial charge is 0.309 e. The number of alkyl halides is 12. The molecule has 13 aromatic rings. The highest BCUT2D eigenvalue weighted by Gasteiger charge is 2.36. The summed E-state index contributed by atoms with van der Waals surface area (Å²) in [5.41, 5.74) is 2.34. The number of hydrogen-bond donors (Lipinski definition) is 0. The minimum atomic E-state index is -4.84. The quantitative estimate of drug-likeness (QED) is 0.116. The van der Waals surface area contributed by atoms with Crippen LogP contribution < -0.4 is 0 Å². The molecule has 2 heterocycles. The van der Waals surface area contributed by atoms with E-state index in [1.165, 1.54) is 48.5 Å². The topological polar surface area (TPSA) is 9.86 Å². The second kappa shape index (κ2) is 18.6. The van der Waals surface area contributed by atoms with Gasteiger partial charge in [-0.3, -0.25) is 0 Å². The van der Waals surface area contributed by atoms with Gasteiger partial charge in [0.05, 0.1) is 44.3 Å². The first-order chi connectivity index (χ1) is 39.0. The Morgan fingerprint density at radius 2 is 0.463 bits per heavy atom. The highest BCUT2D eigenvalue weighted by molar-refractivity contribution is 6.23. The summed E-state index contributed by atoms with van der Waals surface area (Å²) >= 11 is 0. The fraction of sp³-hybridized carbons (Fsp3) is 0.0606. The van der Waals surface area contributed by atoms with E-state index < -0.39 is 58.6 Å². The van der Waals surface area contributed by atoms with Gasteiger partial charge < -0.3 is 9.13 Å². The number of fused-ring (bicyclic) bond motifs is 8. The van der Waals surface area contributed by atoms with E-state index in [0.717, 1.165) is 48.5 Å². The SMILES string of the molecule is Fc1ccc(-c2ccc(-c3c4ccc(-n5c6ccc(C(F)(F)F)cc6c6cc(C(F)(F)F)ccc65)cc4c(-c4ccc(-c5ccc(F)cc5)cc4)c4ccc(-n5c6ccc(C(F)(F)F)cc6c6cc(C(F)(F)F)ccc65)cc34)cc2)cc1. The monoisotopic (exact) mass is 1120 g/mol. The van der Waals surface area contributed by atoms with E-state index >= 15 is 0 Å². The summed E-state index contributed by atoms with van der Waals surface area (Å²) in [4.78, 5) is 0. The zero-order valence-corrected chi connectivity index (χ0v) is 41.8. The van der Waals surface area contributed by atoms with E-state index in [1.807, 2.05) is 48.5 Å². The summed E-state index contributed by atoms with van der Waals surface area (Å²) in [5, 5.41) is 1.90. The number of benzene rings is 11. The maximum atomic E-state index is 14.3. The van der Waals surface area contributed by atoms with Gasteiger partial charge in [0.25, 0.3) is 0 Å². The highest BCUT2D eigenvalue weighted by atomic mass is 19.4. The van der Waals surface area contributed by atoms with Crippen molar-refractivity contribution in [1.29, 1.82) is 0 Å². The summed E-state index contributed by atoms with van der Waals surface area (Å²) in [6, 6.07) is 48.5. The van der Waals surface area contributed by atoms with Crippen molar-refractivity contribution >= 4 is 65.2 Å². The molecule has 0 aliphatic rings. The summed E-state index contributed by atoms with van der Waals surface area (Å²) in [7, 11) is 0. The Morgan fingerprint density at radius 3 is 0.720 bits per heavy atom. The van der Waals surface area contributed by atoms with Crippen LogP contribution in [0.2, 0.25) is 0 Å². The lowest BCUT2D eigenvalue weighted by Gasteiger charge is -2.21. The van der Waals surface area contributed by atoms with Gasteiger partial charge in [-0.2, -0.15) is 52.7 Å². The Morgan fingerprint density at radius 1 is 0.220 bits per heavy atom. The van der Waals surface area contributed by atoms with Crippen LogP contribution in [0.3, 0.4) is 0 Å². The van der Waals surface area contributed by atoms with Gasteiger partial charge in [0.1, 0.15) is 11.6 Å². The zero-order chi connectivity index (χ0) is 57.4. The third kappa shape index (κ3) is 8.84. The Labute approximate surface area is 454 Å². The lowest BCUT2D eigenvalue weighted by atomic mass is 9.85. The Balaban J connectivity index is 1.13. The molecule has 0 bridgehead atoms. The van der Waals surface area contributed by atoms with Gasteiger partial charge in [-0.25, -0.2) is 8.78 Å². The standard InChI is InChI=1S/C66H34F14N2/c67-45-17-9-37(10-18-45)35-1-5-39(6-2-35)61-49-23-21-48(82-59-27-15-43(65(75,76)77)31-53(59)54-32-44(66(78,79)80)16-28-60(54)82)34-56(49)62(40-7-3-36(4-8-40)38-11-19-46(68)20-12-38)50-24-22-47(33-55(50)61)81-57-25-13-41(63(69,70)71)29-51(57)52-30-42(64(72,73)74)14-26-58(52)81/h1-34H. The minimum absolute atomic E-state index is 0.0880. The van der Waals surface area contributed by atoms with Crippen molar-refractivity contribution in [3.8, 4) is 55.9 Å². The number of nitrogens with zero attached hydrogens (tertiary/aromatic N) is 2.